The number of amides is 1. The van der Waals surface area contributed by atoms with Crippen LogP contribution in [0.1, 0.15) is 46.5 Å². The summed E-state index contributed by atoms with van der Waals surface area (Å²) in [5.41, 5.74) is 2.53. The Kier molecular flexibility index (Phi) is 3.81. The minimum atomic E-state index is 0.0494. The van der Waals surface area contributed by atoms with Crippen LogP contribution in [-0.2, 0) is 13.0 Å². The molecule has 0 aliphatic carbocycles. The molecule has 4 heterocycles. The van der Waals surface area contributed by atoms with Gasteiger partial charge >= 0.3 is 0 Å². The summed E-state index contributed by atoms with van der Waals surface area (Å²) in [5, 5.41) is 12.1. The number of fused-ring (bicyclic) bond motifs is 2. The van der Waals surface area contributed by atoms with Crippen molar-refractivity contribution in [2.75, 3.05) is 19.6 Å². The third-order valence-corrected chi connectivity index (χ3v) is 6.38. The molecular weight excluding hydrogens is 326 g/mol. The Morgan fingerprint density at radius 2 is 2.08 bits per heavy atom. The Morgan fingerprint density at radius 1 is 1.19 bits per heavy atom. The van der Waals surface area contributed by atoms with Gasteiger partial charge in [-0.05, 0) is 36.8 Å². The van der Waals surface area contributed by atoms with Crippen LogP contribution in [0.15, 0.2) is 24.3 Å². The number of benzene rings is 1. The highest BCUT2D eigenvalue weighted by Crippen LogP contribution is 2.44. The van der Waals surface area contributed by atoms with Crippen LogP contribution >= 0.6 is 0 Å². The number of carbonyl (C=O) groups is 1. The topological polar surface area (TPSA) is 63.1 Å². The Bertz CT molecular complexity index is 844. The van der Waals surface area contributed by atoms with Crippen molar-refractivity contribution in [3.8, 4) is 0 Å². The first-order chi connectivity index (χ1) is 12.7. The summed E-state index contributed by atoms with van der Waals surface area (Å²) < 4.78 is 2.05. The van der Waals surface area contributed by atoms with Gasteiger partial charge in [-0.25, -0.2) is 0 Å². The van der Waals surface area contributed by atoms with Crippen molar-refractivity contribution in [3.63, 3.8) is 0 Å². The Hall–Kier alpha value is -2.21. The Balaban J connectivity index is 1.53. The van der Waals surface area contributed by atoms with E-state index in [1.807, 2.05) is 4.57 Å². The molecule has 3 aliphatic heterocycles. The van der Waals surface area contributed by atoms with Crippen molar-refractivity contribution >= 4 is 5.91 Å². The van der Waals surface area contributed by atoms with E-state index in [1.165, 1.54) is 11.1 Å². The van der Waals surface area contributed by atoms with E-state index >= 15 is 0 Å². The van der Waals surface area contributed by atoms with Gasteiger partial charge in [0.05, 0.1) is 6.04 Å². The van der Waals surface area contributed by atoms with E-state index in [0.717, 1.165) is 51.3 Å². The first-order valence-corrected chi connectivity index (χ1v) is 9.73. The van der Waals surface area contributed by atoms with E-state index in [4.69, 9.17) is 0 Å². The molecule has 3 aliphatic rings. The highest BCUT2D eigenvalue weighted by molar-refractivity contribution is 5.91. The number of rotatable bonds is 2. The second-order valence-corrected chi connectivity index (χ2v) is 7.89. The molecule has 2 fully saturated rings. The lowest BCUT2D eigenvalue weighted by Crippen LogP contribution is -2.36. The summed E-state index contributed by atoms with van der Waals surface area (Å²) in [4.78, 5) is 15.6. The maximum absolute atomic E-state index is 13.5. The van der Waals surface area contributed by atoms with Crippen LogP contribution in [0.4, 0.5) is 0 Å². The van der Waals surface area contributed by atoms with E-state index in [1.54, 1.807) is 0 Å². The Morgan fingerprint density at radius 3 is 2.96 bits per heavy atom. The number of hydrogen-bond donors (Lipinski definition) is 1. The van der Waals surface area contributed by atoms with Crippen LogP contribution in [0.5, 0.6) is 0 Å². The third kappa shape index (κ3) is 2.39. The summed E-state index contributed by atoms with van der Waals surface area (Å²) in [6.45, 7) is 5.78. The number of nitrogens with one attached hydrogen (secondary N) is 1. The van der Waals surface area contributed by atoms with Gasteiger partial charge in [-0.15, -0.1) is 10.2 Å². The number of aromatic nitrogens is 3. The fourth-order valence-corrected chi connectivity index (χ4v) is 5.04. The third-order valence-electron chi connectivity index (χ3n) is 6.38. The SMILES string of the molecule is Cc1ccccc1[C@@H]1[C@H]2CNC[C@H]2CN1C(=O)c1nnc2n1CCCC2. The van der Waals surface area contributed by atoms with Crippen LogP contribution in [0.3, 0.4) is 0 Å². The van der Waals surface area contributed by atoms with E-state index in [-0.39, 0.29) is 11.9 Å². The van der Waals surface area contributed by atoms with Crippen LogP contribution in [0.2, 0.25) is 0 Å². The molecule has 2 aromatic rings. The molecule has 0 bridgehead atoms. The average Bonchev–Trinajstić information content (AvgIpc) is 3.36. The average molecular weight is 351 g/mol. The molecular formula is C20H25N5O. The van der Waals surface area contributed by atoms with Gasteiger partial charge in [0.25, 0.3) is 5.91 Å². The molecule has 0 spiro atoms. The molecule has 5 rings (SSSR count). The number of hydrogen-bond acceptors (Lipinski definition) is 4. The second-order valence-electron chi connectivity index (χ2n) is 7.89. The molecule has 26 heavy (non-hydrogen) atoms. The van der Waals surface area contributed by atoms with Gasteiger partial charge in [0.15, 0.2) is 0 Å². The molecule has 1 amide bonds. The van der Waals surface area contributed by atoms with Gasteiger partial charge in [-0.1, -0.05) is 24.3 Å². The normalized spacial score (nSPS) is 27.4. The number of likely N-dealkylation sites (tertiary alicyclic amines) is 1. The van der Waals surface area contributed by atoms with Crippen LogP contribution in [-0.4, -0.2) is 45.2 Å². The van der Waals surface area contributed by atoms with Crippen molar-refractivity contribution in [1.82, 2.24) is 25.0 Å². The minimum absolute atomic E-state index is 0.0494. The lowest BCUT2D eigenvalue weighted by molar-refractivity contribution is 0.0694. The van der Waals surface area contributed by atoms with Gasteiger partial charge in [0, 0.05) is 38.5 Å². The van der Waals surface area contributed by atoms with Gasteiger partial charge < -0.3 is 14.8 Å². The zero-order chi connectivity index (χ0) is 17.7. The molecule has 3 atom stereocenters. The highest BCUT2D eigenvalue weighted by atomic mass is 16.2. The van der Waals surface area contributed by atoms with Crippen LogP contribution in [0.25, 0.3) is 0 Å². The molecule has 6 heteroatoms. The van der Waals surface area contributed by atoms with Crippen molar-refractivity contribution in [2.24, 2.45) is 11.8 Å². The molecule has 1 aromatic carbocycles. The summed E-state index contributed by atoms with van der Waals surface area (Å²) in [6.07, 6.45) is 3.16. The maximum Gasteiger partial charge on any atom is 0.292 e. The molecule has 0 saturated carbocycles. The summed E-state index contributed by atoms with van der Waals surface area (Å²) in [6, 6.07) is 8.60. The Labute approximate surface area is 153 Å². The van der Waals surface area contributed by atoms with Gasteiger partial charge in [0.1, 0.15) is 5.82 Å². The van der Waals surface area contributed by atoms with Crippen molar-refractivity contribution in [3.05, 3.63) is 47.0 Å². The van der Waals surface area contributed by atoms with Crippen molar-refractivity contribution in [2.45, 2.75) is 38.8 Å². The summed E-state index contributed by atoms with van der Waals surface area (Å²) >= 11 is 0. The molecule has 136 valence electrons. The fourth-order valence-electron chi connectivity index (χ4n) is 5.04. The molecule has 6 nitrogen and oxygen atoms in total. The van der Waals surface area contributed by atoms with E-state index in [0.29, 0.717) is 17.7 Å². The lowest BCUT2D eigenvalue weighted by atomic mass is 9.87. The quantitative estimate of drug-likeness (QED) is 0.898. The van der Waals surface area contributed by atoms with E-state index in [2.05, 4.69) is 51.6 Å². The zero-order valence-electron chi connectivity index (χ0n) is 15.2. The largest absolute Gasteiger partial charge is 0.328 e. The monoisotopic (exact) mass is 351 g/mol. The van der Waals surface area contributed by atoms with Gasteiger partial charge in [-0.3, -0.25) is 4.79 Å². The first-order valence-electron chi connectivity index (χ1n) is 9.73. The highest BCUT2D eigenvalue weighted by Gasteiger charge is 2.48. The predicted octanol–water partition coefficient (Wildman–Crippen LogP) is 1.96. The molecule has 0 radical (unpaired) electrons. The standard InChI is InChI=1S/C20H25N5O/c1-13-6-2-3-7-15(13)18-16-11-21-10-14(16)12-25(18)20(26)19-23-22-17-8-4-5-9-24(17)19/h2-3,6-7,14,16,18,21H,4-5,8-12H2,1H3/t14-,16-,18+/m0/s1. The van der Waals surface area contributed by atoms with E-state index < -0.39 is 0 Å². The number of nitrogens with zero attached hydrogens (tertiary/aromatic N) is 4. The molecule has 2 saturated heterocycles. The molecule has 1 aromatic heterocycles. The minimum Gasteiger partial charge on any atom is -0.328 e. The van der Waals surface area contributed by atoms with E-state index in [9.17, 15) is 4.79 Å². The van der Waals surface area contributed by atoms with Gasteiger partial charge in [0.2, 0.25) is 5.82 Å². The maximum atomic E-state index is 13.5. The number of aryl methyl sites for hydroxylation is 2. The van der Waals surface area contributed by atoms with Crippen molar-refractivity contribution in [1.29, 1.82) is 0 Å². The van der Waals surface area contributed by atoms with Gasteiger partial charge in [-0.2, -0.15) is 0 Å². The summed E-state index contributed by atoms with van der Waals surface area (Å²) in [5.74, 6) is 2.55. The molecule has 1 N–H and O–H groups in total. The summed E-state index contributed by atoms with van der Waals surface area (Å²) in [7, 11) is 0. The van der Waals surface area contributed by atoms with Crippen LogP contribution < -0.4 is 5.32 Å². The number of carbonyl (C=O) groups excluding carboxylic acids is 1. The first kappa shape index (κ1) is 16.0. The van der Waals surface area contributed by atoms with Crippen LogP contribution in [0, 0.1) is 18.8 Å². The second kappa shape index (κ2) is 6.20. The predicted molar refractivity (Wildman–Crippen MR) is 97.8 cm³/mol. The lowest BCUT2D eigenvalue weighted by Gasteiger charge is -2.29. The zero-order valence-corrected chi connectivity index (χ0v) is 15.2. The van der Waals surface area contributed by atoms with Crippen molar-refractivity contribution < 1.29 is 4.79 Å². The fraction of sp³-hybridized carbons (Fsp3) is 0.550. The molecule has 0 unspecified atom stereocenters. The smallest absolute Gasteiger partial charge is 0.292 e.